The molecule has 1 fully saturated rings. The molecule has 0 bridgehead atoms. The van der Waals surface area contributed by atoms with Gasteiger partial charge in [0, 0.05) is 37.9 Å². The van der Waals surface area contributed by atoms with Crippen molar-refractivity contribution in [2.75, 3.05) is 43.1 Å². The molecule has 0 aromatic heterocycles. The monoisotopic (exact) mass is 392 g/mol. The van der Waals surface area contributed by atoms with Gasteiger partial charge >= 0.3 is 0 Å². The number of anilines is 2. The average molecular weight is 392 g/mol. The Labute approximate surface area is 157 Å². The molecular formula is C17H20N4O5S. The summed E-state index contributed by atoms with van der Waals surface area (Å²) in [5.74, 6) is 0.781. The van der Waals surface area contributed by atoms with Crippen LogP contribution in [0.4, 0.5) is 17.1 Å². The highest BCUT2D eigenvalue weighted by Gasteiger charge is 2.26. The van der Waals surface area contributed by atoms with E-state index in [1.165, 1.54) is 12.1 Å². The second-order valence-electron chi connectivity index (χ2n) is 6.12. The van der Waals surface area contributed by atoms with Crippen LogP contribution in [0, 0.1) is 10.1 Å². The molecule has 10 heteroatoms. The minimum atomic E-state index is -4.00. The summed E-state index contributed by atoms with van der Waals surface area (Å²) in [5, 5.41) is 16.5. The summed E-state index contributed by atoms with van der Waals surface area (Å²) < 4.78 is 28.1. The quantitative estimate of drug-likeness (QED) is 0.606. The first-order valence-corrected chi connectivity index (χ1v) is 9.79. The molecule has 1 aliphatic heterocycles. The van der Waals surface area contributed by atoms with E-state index in [-0.39, 0.29) is 10.6 Å². The van der Waals surface area contributed by atoms with Crippen LogP contribution in [0.15, 0.2) is 47.4 Å². The topological polar surface area (TPSA) is 119 Å². The number of benzene rings is 2. The largest absolute Gasteiger partial charge is 0.497 e. The molecular weight excluding hydrogens is 372 g/mol. The molecule has 3 rings (SSSR count). The lowest BCUT2D eigenvalue weighted by Crippen LogP contribution is -2.46. The van der Waals surface area contributed by atoms with Crippen LogP contribution in [-0.2, 0) is 10.0 Å². The number of nitrogens with two attached hydrogens (primary N) is 1. The highest BCUT2D eigenvalue weighted by Crippen LogP contribution is 2.32. The molecule has 1 aliphatic rings. The van der Waals surface area contributed by atoms with Crippen LogP contribution in [0.25, 0.3) is 0 Å². The maximum Gasteiger partial charge on any atom is 0.293 e. The molecule has 144 valence electrons. The maximum atomic E-state index is 11.5. The number of hydrogen-bond donors (Lipinski definition) is 1. The van der Waals surface area contributed by atoms with Gasteiger partial charge in [0.05, 0.1) is 16.9 Å². The van der Waals surface area contributed by atoms with Crippen LogP contribution in [0.1, 0.15) is 0 Å². The van der Waals surface area contributed by atoms with Crippen molar-refractivity contribution < 1.29 is 18.1 Å². The van der Waals surface area contributed by atoms with Crippen molar-refractivity contribution in [1.29, 1.82) is 0 Å². The Morgan fingerprint density at radius 1 is 1.04 bits per heavy atom. The van der Waals surface area contributed by atoms with Crippen molar-refractivity contribution in [3.05, 3.63) is 52.6 Å². The van der Waals surface area contributed by atoms with Crippen molar-refractivity contribution >= 4 is 27.1 Å². The number of hydrogen-bond acceptors (Lipinski definition) is 7. The molecule has 1 heterocycles. The molecule has 0 saturated carbocycles. The summed E-state index contributed by atoms with van der Waals surface area (Å²) in [5.41, 5.74) is 1.18. The van der Waals surface area contributed by atoms with Crippen LogP contribution in [0.3, 0.4) is 0 Å². The fourth-order valence-corrected chi connectivity index (χ4v) is 3.63. The lowest BCUT2D eigenvalue weighted by molar-refractivity contribution is -0.384. The molecule has 0 aliphatic carbocycles. The van der Waals surface area contributed by atoms with Gasteiger partial charge in [-0.25, -0.2) is 13.6 Å². The highest BCUT2D eigenvalue weighted by atomic mass is 32.2. The molecule has 2 aromatic carbocycles. The Hall–Kier alpha value is -2.85. The Balaban J connectivity index is 1.78. The van der Waals surface area contributed by atoms with E-state index in [4.69, 9.17) is 9.88 Å². The Morgan fingerprint density at radius 3 is 2.15 bits per heavy atom. The number of nitro benzene ring substituents is 1. The van der Waals surface area contributed by atoms with E-state index >= 15 is 0 Å². The molecule has 2 aromatic rings. The zero-order valence-electron chi connectivity index (χ0n) is 14.7. The second-order valence-corrected chi connectivity index (χ2v) is 7.69. The molecule has 0 spiro atoms. The summed E-state index contributed by atoms with van der Waals surface area (Å²) in [6.07, 6.45) is 0. The highest BCUT2D eigenvalue weighted by molar-refractivity contribution is 7.89. The first-order valence-electron chi connectivity index (χ1n) is 8.25. The predicted molar refractivity (Wildman–Crippen MR) is 102 cm³/mol. The van der Waals surface area contributed by atoms with Crippen LogP contribution in [-0.4, -0.2) is 46.6 Å². The van der Waals surface area contributed by atoms with Gasteiger partial charge < -0.3 is 14.5 Å². The minimum Gasteiger partial charge on any atom is -0.497 e. The van der Waals surface area contributed by atoms with E-state index in [0.717, 1.165) is 17.5 Å². The number of ether oxygens (including phenoxy) is 1. The smallest absolute Gasteiger partial charge is 0.293 e. The van der Waals surface area contributed by atoms with Crippen LogP contribution in [0.2, 0.25) is 0 Å². The summed E-state index contributed by atoms with van der Waals surface area (Å²) in [4.78, 5) is 14.6. The SMILES string of the molecule is COc1ccc(N2CCN(c3ccc(S(N)(=O)=O)cc3[N+](=O)[O-])CC2)cc1. The van der Waals surface area contributed by atoms with Crippen LogP contribution >= 0.6 is 0 Å². The Kier molecular flexibility index (Phi) is 5.19. The van der Waals surface area contributed by atoms with Gasteiger partial charge in [-0.15, -0.1) is 0 Å². The third kappa shape index (κ3) is 4.12. The van der Waals surface area contributed by atoms with Crippen LogP contribution in [0.5, 0.6) is 5.75 Å². The third-order valence-corrected chi connectivity index (χ3v) is 5.44. The molecule has 0 atom stereocenters. The number of primary sulfonamides is 1. The summed E-state index contributed by atoms with van der Waals surface area (Å²) in [6.45, 7) is 2.50. The van der Waals surface area contributed by atoms with Crippen molar-refractivity contribution in [3.8, 4) is 5.75 Å². The van der Waals surface area contributed by atoms with Crippen molar-refractivity contribution in [1.82, 2.24) is 0 Å². The van der Waals surface area contributed by atoms with E-state index in [1.54, 1.807) is 7.11 Å². The lowest BCUT2D eigenvalue weighted by Gasteiger charge is -2.37. The fraction of sp³-hybridized carbons (Fsp3) is 0.294. The zero-order valence-corrected chi connectivity index (χ0v) is 15.6. The van der Waals surface area contributed by atoms with Crippen molar-refractivity contribution in [2.24, 2.45) is 5.14 Å². The Bertz CT molecular complexity index is 938. The first kappa shape index (κ1) is 18.9. The van der Waals surface area contributed by atoms with Gasteiger partial charge in [0.1, 0.15) is 11.4 Å². The van der Waals surface area contributed by atoms with E-state index in [0.29, 0.717) is 31.9 Å². The fourth-order valence-electron chi connectivity index (χ4n) is 3.09. The second kappa shape index (κ2) is 7.41. The van der Waals surface area contributed by atoms with Gasteiger partial charge in [0.25, 0.3) is 5.69 Å². The van der Waals surface area contributed by atoms with Crippen molar-refractivity contribution in [2.45, 2.75) is 4.90 Å². The van der Waals surface area contributed by atoms with Gasteiger partial charge in [0.15, 0.2) is 0 Å². The first-order chi connectivity index (χ1) is 12.8. The van der Waals surface area contributed by atoms with Gasteiger partial charge in [-0.05, 0) is 36.4 Å². The average Bonchev–Trinajstić information content (AvgIpc) is 2.67. The van der Waals surface area contributed by atoms with Gasteiger partial charge in [-0.1, -0.05) is 0 Å². The third-order valence-electron chi connectivity index (χ3n) is 4.53. The molecule has 1 saturated heterocycles. The molecule has 0 amide bonds. The Morgan fingerprint density at radius 2 is 1.63 bits per heavy atom. The molecule has 0 unspecified atom stereocenters. The minimum absolute atomic E-state index is 0.264. The van der Waals surface area contributed by atoms with E-state index < -0.39 is 14.9 Å². The summed E-state index contributed by atoms with van der Waals surface area (Å²) >= 11 is 0. The number of sulfonamides is 1. The maximum absolute atomic E-state index is 11.5. The van der Waals surface area contributed by atoms with Gasteiger partial charge in [-0.3, -0.25) is 10.1 Å². The van der Waals surface area contributed by atoms with Gasteiger partial charge in [0.2, 0.25) is 10.0 Å². The van der Waals surface area contributed by atoms with Crippen LogP contribution < -0.4 is 19.7 Å². The summed E-state index contributed by atoms with van der Waals surface area (Å²) in [7, 11) is -2.39. The number of rotatable bonds is 5. The van der Waals surface area contributed by atoms with Crippen molar-refractivity contribution in [3.63, 3.8) is 0 Å². The number of piperazine rings is 1. The number of methoxy groups -OCH3 is 1. The molecule has 9 nitrogen and oxygen atoms in total. The standard InChI is InChI=1S/C17H20N4O5S/c1-26-14-4-2-13(3-5-14)19-8-10-20(11-9-19)16-7-6-15(27(18,24)25)12-17(16)21(22)23/h2-7,12H,8-11H2,1H3,(H2,18,24,25). The van der Waals surface area contributed by atoms with E-state index in [2.05, 4.69) is 4.90 Å². The van der Waals surface area contributed by atoms with E-state index in [9.17, 15) is 18.5 Å². The van der Waals surface area contributed by atoms with Gasteiger partial charge in [-0.2, -0.15) is 0 Å². The summed E-state index contributed by atoms with van der Waals surface area (Å²) in [6, 6.07) is 11.5. The number of nitro groups is 1. The zero-order chi connectivity index (χ0) is 19.6. The lowest BCUT2D eigenvalue weighted by atomic mass is 10.2. The molecule has 0 radical (unpaired) electrons. The van der Waals surface area contributed by atoms with E-state index in [1.807, 2.05) is 29.2 Å². The molecule has 2 N–H and O–H groups in total. The number of nitrogens with zero attached hydrogens (tertiary/aromatic N) is 3. The predicted octanol–water partition coefficient (Wildman–Crippen LogP) is 1.58. The molecule has 27 heavy (non-hydrogen) atoms. The normalized spacial score (nSPS) is 14.9.